The lowest BCUT2D eigenvalue weighted by molar-refractivity contribution is 0.104. The standard InChI is InChI=1S/C23H41O2P3/c1-4-6-8-15-19-22(24-26)23(25-28-27)20-16-12-10-9-11-14-18-21(3)17-13-7-5-2/h7,9-14,16,18,20-23,28H,4-6,8,15,17,19,26-27H2,1-3H3/b11-9-,12-10+,13-7-,18-14+,20-16+. The van der Waals surface area contributed by atoms with Gasteiger partial charge in [0.05, 0.1) is 6.10 Å². The predicted octanol–water partition coefficient (Wildman–Crippen LogP) is 8.12. The second-order valence-corrected chi connectivity index (χ2v) is 8.31. The van der Waals surface area contributed by atoms with Crippen LogP contribution in [0.2, 0.25) is 0 Å². The van der Waals surface area contributed by atoms with Crippen LogP contribution in [-0.2, 0) is 9.05 Å². The third kappa shape index (κ3) is 16.8. The molecule has 28 heavy (non-hydrogen) atoms. The first-order chi connectivity index (χ1) is 13.7. The van der Waals surface area contributed by atoms with E-state index in [1.807, 2.05) is 18.2 Å². The van der Waals surface area contributed by atoms with E-state index in [1.165, 1.54) is 25.7 Å². The highest BCUT2D eigenvalue weighted by Crippen LogP contribution is 2.28. The molecule has 0 aromatic rings. The molecule has 0 rings (SSSR count). The van der Waals surface area contributed by atoms with Crippen molar-refractivity contribution in [2.24, 2.45) is 5.92 Å². The Bertz CT molecular complexity index is 484. The molecule has 0 bridgehead atoms. The minimum atomic E-state index is -0.0134. The molecule has 6 atom stereocenters. The molecule has 0 heterocycles. The number of unbranched alkanes of at least 4 members (excludes halogenated alkanes) is 3. The molecular formula is C23H41O2P3. The van der Waals surface area contributed by atoms with Gasteiger partial charge in [0.1, 0.15) is 6.10 Å². The molecule has 0 aliphatic carbocycles. The molecule has 0 aliphatic rings. The summed E-state index contributed by atoms with van der Waals surface area (Å²) in [5.74, 6) is 0.572. The number of hydrogen-bond donors (Lipinski definition) is 0. The second kappa shape index (κ2) is 21.6. The van der Waals surface area contributed by atoms with E-state index in [0.717, 1.165) is 19.3 Å². The van der Waals surface area contributed by atoms with Gasteiger partial charge in [0.15, 0.2) is 0 Å². The highest BCUT2D eigenvalue weighted by Gasteiger charge is 2.18. The fourth-order valence-electron chi connectivity index (χ4n) is 2.64. The van der Waals surface area contributed by atoms with Gasteiger partial charge in [-0.15, -0.1) is 0 Å². The van der Waals surface area contributed by atoms with Crippen LogP contribution in [0.15, 0.2) is 60.8 Å². The molecular weight excluding hydrogens is 401 g/mol. The van der Waals surface area contributed by atoms with Crippen LogP contribution >= 0.6 is 26.9 Å². The van der Waals surface area contributed by atoms with Crippen molar-refractivity contribution in [3.63, 3.8) is 0 Å². The first kappa shape index (κ1) is 27.9. The Balaban J connectivity index is 4.40. The minimum Gasteiger partial charge on any atom is -0.359 e. The van der Waals surface area contributed by atoms with E-state index in [4.69, 9.17) is 9.05 Å². The van der Waals surface area contributed by atoms with Gasteiger partial charge < -0.3 is 9.05 Å². The summed E-state index contributed by atoms with van der Waals surface area (Å²) in [4.78, 5) is 0. The summed E-state index contributed by atoms with van der Waals surface area (Å²) in [6.45, 7) is 6.64. The lowest BCUT2D eigenvalue weighted by atomic mass is 10.0. The molecule has 0 fully saturated rings. The van der Waals surface area contributed by atoms with Gasteiger partial charge in [0.2, 0.25) is 0 Å². The molecule has 0 amide bonds. The Morgan fingerprint density at radius 2 is 1.57 bits per heavy atom. The number of rotatable bonds is 17. The quantitative estimate of drug-likeness (QED) is 0.0980. The summed E-state index contributed by atoms with van der Waals surface area (Å²) in [6.07, 6.45) is 29.5. The molecule has 0 aromatic carbocycles. The van der Waals surface area contributed by atoms with Gasteiger partial charge in [0, 0.05) is 18.0 Å². The second-order valence-electron chi connectivity index (χ2n) is 6.86. The van der Waals surface area contributed by atoms with Gasteiger partial charge in [0.25, 0.3) is 0 Å². The van der Waals surface area contributed by atoms with E-state index in [9.17, 15) is 0 Å². The van der Waals surface area contributed by atoms with E-state index in [1.54, 1.807) is 0 Å². The van der Waals surface area contributed by atoms with Crippen LogP contribution in [0.3, 0.4) is 0 Å². The van der Waals surface area contributed by atoms with Gasteiger partial charge in [-0.1, -0.05) is 116 Å². The smallest absolute Gasteiger partial charge is 0.107 e. The lowest BCUT2D eigenvalue weighted by Crippen LogP contribution is -2.25. The maximum Gasteiger partial charge on any atom is 0.107 e. The van der Waals surface area contributed by atoms with Crippen LogP contribution in [0.4, 0.5) is 0 Å². The largest absolute Gasteiger partial charge is 0.359 e. The topological polar surface area (TPSA) is 18.5 Å². The van der Waals surface area contributed by atoms with Crippen LogP contribution in [-0.4, -0.2) is 12.2 Å². The molecule has 6 unspecified atom stereocenters. The third-order valence-corrected chi connectivity index (χ3v) is 5.46. The molecule has 2 nitrogen and oxygen atoms in total. The summed E-state index contributed by atoms with van der Waals surface area (Å²) in [6, 6.07) is 0. The zero-order chi connectivity index (χ0) is 20.9. The highest BCUT2D eigenvalue weighted by molar-refractivity contribution is 8.00. The van der Waals surface area contributed by atoms with Crippen LogP contribution in [0.1, 0.15) is 65.7 Å². The van der Waals surface area contributed by atoms with Crippen LogP contribution < -0.4 is 0 Å². The summed E-state index contributed by atoms with van der Waals surface area (Å²) in [5, 5.41) is 0. The normalized spacial score (nSPS) is 16.8. The average Bonchev–Trinajstić information content (AvgIpc) is 2.69. The summed E-state index contributed by atoms with van der Waals surface area (Å²) < 4.78 is 11.5. The van der Waals surface area contributed by atoms with E-state index in [0.29, 0.717) is 14.4 Å². The molecule has 160 valence electrons. The fraction of sp³-hybridized carbons (Fsp3) is 0.565. The molecule has 0 saturated heterocycles. The van der Waals surface area contributed by atoms with Crippen molar-refractivity contribution in [1.29, 1.82) is 0 Å². The monoisotopic (exact) mass is 442 g/mol. The Kier molecular flexibility index (Phi) is 21.5. The molecule has 5 heteroatoms. The van der Waals surface area contributed by atoms with Crippen molar-refractivity contribution in [2.75, 3.05) is 0 Å². The number of allylic oxidation sites excluding steroid dienone is 9. The summed E-state index contributed by atoms with van der Waals surface area (Å²) in [7, 11) is 5.43. The van der Waals surface area contributed by atoms with Gasteiger partial charge in [-0.2, -0.15) is 0 Å². The molecule has 0 aromatic heterocycles. The minimum absolute atomic E-state index is 0.0134. The van der Waals surface area contributed by atoms with E-state index >= 15 is 0 Å². The molecule has 0 N–H and O–H groups in total. The third-order valence-electron chi connectivity index (χ3n) is 4.29. The van der Waals surface area contributed by atoms with Gasteiger partial charge in [-0.25, -0.2) is 0 Å². The predicted molar refractivity (Wildman–Crippen MR) is 136 cm³/mol. The van der Waals surface area contributed by atoms with Gasteiger partial charge >= 0.3 is 0 Å². The van der Waals surface area contributed by atoms with Crippen molar-refractivity contribution >= 4 is 26.9 Å². The fourth-order valence-corrected chi connectivity index (χ4v) is 3.79. The Morgan fingerprint density at radius 3 is 2.18 bits per heavy atom. The Labute approximate surface area is 180 Å². The maximum atomic E-state index is 5.86. The lowest BCUT2D eigenvalue weighted by Gasteiger charge is -2.22. The SMILES string of the molecule is CC/C=C\CC(C)/C=C/C=C\C=C\C=C\C(OPP)C(CCCCCC)OP. The van der Waals surface area contributed by atoms with Crippen molar-refractivity contribution in [2.45, 2.75) is 77.9 Å². The van der Waals surface area contributed by atoms with Gasteiger partial charge in [-0.05, 0) is 25.2 Å². The first-order valence-electron chi connectivity index (χ1n) is 10.5. The van der Waals surface area contributed by atoms with Crippen molar-refractivity contribution in [3.8, 4) is 0 Å². The Hall–Kier alpha value is -0.0900. The van der Waals surface area contributed by atoms with E-state index in [-0.39, 0.29) is 12.2 Å². The average molecular weight is 443 g/mol. The zero-order valence-electron chi connectivity index (χ0n) is 17.9. The number of hydrogen-bond acceptors (Lipinski definition) is 2. The van der Waals surface area contributed by atoms with Crippen LogP contribution in [0.5, 0.6) is 0 Å². The van der Waals surface area contributed by atoms with E-state index in [2.05, 4.69) is 81.7 Å². The molecule has 0 saturated carbocycles. The van der Waals surface area contributed by atoms with Crippen LogP contribution in [0, 0.1) is 5.92 Å². The highest BCUT2D eigenvalue weighted by atomic mass is 32.0. The molecule has 0 spiro atoms. The summed E-state index contributed by atoms with van der Waals surface area (Å²) in [5.41, 5.74) is 0. The molecule has 0 radical (unpaired) electrons. The van der Waals surface area contributed by atoms with Gasteiger partial charge in [-0.3, -0.25) is 0 Å². The molecule has 0 aliphatic heterocycles. The Morgan fingerprint density at radius 1 is 0.893 bits per heavy atom. The van der Waals surface area contributed by atoms with Crippen LogP contribution in [0.25, 0.3) is 0 Å². The van der Waals surface area contributed by atoms with Crippen molar-refractivity contribution < 1.29 is 9.05 Å². The zero-order valence-corrected chi connectivity index (χ0v) is 21.2. The van der Waals surface area contributed by atoms with Crippen molar-refractivity contribution in [1.82, 2.24) is 0 Å². The van der Waals surface area contributed by atoms with E-state index < -0.39 is 0 Å². The van der Waals surface area contributed by atoms with Crippen molar-refractivity contribution in [3.05, 3.63) is 60.8 Å². The summed E-state index contributed by atoms with van der Waals surface area (Å²) >= 11 is 0. The first-order valence-corrected chi connectivity index (χ1v) is 13.7. The maximum absolute atomic E-state index is 5.86.